The number of unbranched alkanes of at least 4 members (excludes halogenated alkanes) is 20. The van der Waals surface area contributed by atoms with Crippen molar-refractivity contribution in [2.45, 2.75) is 272 Å². The topological polar surface area (TPSA) is 164 Å². The molecule has 2 rings (SSSR count). The largest absolute Gasteiger partial charge is 0.498 e. The summed E-state index contributed by atoms with van der Waals surface area (Å²) in [5.74, 6) is -2.47. The summed E-state index contributed by atoms with van der Waals surface area (Å²) in [5.41, 5.74) is 1.26. The molecule has 1 saturated carbocycles. The first-order chi connectivity index (χ1) is 34.0. The fourth-order valence-corrected chi connectivity index (χ4v) is 9.46. The van der Waals surface area contributed by atoms with Crippen molar-refractivity contribution in [2.24, 2.45) is 11.8 Å². The van der Waals surface area contributed by atoms with Gasteiger partial charge in [0.05, 0.1) is 38.2 Å². The van der Waals surface area contributed by atoms with E-state index in [4.69, 9.17) is 23.7 Å². The van der Waals surface area contributed by atoms with Gasteiger partial charge in [0.2, 0.25) is 11.8 Å². The minimum atomic E-state index is -0.650. The van der Waals surface area contributed by atoms with Crippen molar-refractivity contribution in [3.05, 3.63) is 11.3 Å². The molecule has 1 aliphatic heterocycles. The molecule has 13 nitrogen and oxygen atoms in total. The number of nitrogens with zero attached hydrogens (tertiary/aromatic N) is 1. The second-order valence-corrected chi connectivity index (χ2v) is 20.3. The normalized spacial score (nSPS) is 15.9. The van der Waals surface area contributed by atoms with Crippen molar-refractivity contribution in [2.75, 3.05) is 33.0 Å². The summed E-state index contributed by atoms with van der Waals surface area (Å²) in [5, 5.41) is 2.97. The van der Waals surface area contributed by atoms with Crippen LogP contribution < -0.4 is 5.32 Å². The number of likely N-dealkylation sites (tertiary alicyclic amines) is 1. The van der Waals surface area contributed by atoms with Gasteiger partial charge in [-0.25, -0.2) is 0 Å². The third kappa shape index (κ3) is 30.3. The number of hydrogen-bond acceptors (Lipinski definition) is 11. The maximum Gasteiger partial charge on any atom is 0.306 e. The summed E-state index contributed by atoms with van der Waals surface area (Å²) in [6.45, 7) is 11.7. The SMILES string of the molecule is CCCCCCCCOC(=O)CC(CC(=O)NC1CCC(COC(=O)CC(CC(=O)OCCCCCCCC)CC(OCCCCCCCC)=C2CCC2)N1C(C)=O)CC(=O)OCCCCCCCC. The number of nitrogens with one attached hydrogen (secondary N) is 1. The molecule has 404 valence electrons. The van der Waals surface area contributed by atoms with E-state index in [2.05, 4.69) is 33.0 Å². The number of ether oxygens (including phenoxy) is 5. The van der Waals surface area contributed by atoms with Crippen LogP contribution in [0.5, 0.6) is 0 Å². The van der Waals surface area contributed by atoms with E-state index >= 15 is 0 Å². The standard InChI is InChI=1S/C57H100N2O11/c1-6-10-14-18-22-26-35-66-51(49-31-30-32-49)39-47(41-54(62)67-36-27-23-19-15-11-7-2)42-57(65)70-45-50-33-34-52(59(50)46(5)60)58-53(61)40-48(43-55(63)68-37-28-24-20-16-12-8-3)44-56(64)69-38-29-25-21-17-13-9-4/h47-48,50,52H,6-45H2,1-5H3,(H,58,61). The molecular formula is C57H100N2O11. The number of allylic oxidation sites excluding steroid dienone is 2. The highest BCUT2D eigenvalue weighted by molar-refractivity contribution is 5.81. The second-order valence-electron chi connectivity index (χ2n) is 20.3. The van der Waals surface area contributed by atoms with E-state index in [0.717, 1.165) is 121 Å². The first-order valence-electron chi connectivity index (χ1n) is 28.5. The first kappa shape index (κ1) is 62.5. The van der Waals surface area contributed by atoms with Gasteiger partial charge in [-0.15, -0.1) is 0 Å². The molecule has 3 atom stereocenters. The Morgan fingerprint density at radius 1 is 0.471 bits per heavy atom. The van der Waals surface area contributed by atoms with Crippen LogP contribution in [0.3, 0.4) is 0 Å². The van der Waals surface area contributed by atoms with E-state index < -0.39 is 41.9 Å². The minimum Gasteiger partial charge on any atom is -0.498 e. The van der Waals surface area contributed by atoms with Crippen LogP contribution in [0.25, 0.3) is 0 Å². The van der Waals surface area contributed by atoms with Crippen LogP contribution in [0.2, 0.25) is 0 Å². The van der Waals surface area contributed by atoms with Crippen LogP contribution in [0.15, 0.2) is 11.3 Å². The molecule has 1 N–H and O–H groups in total. The molecule has 70 heavy (non-hydrogen) atoms. The zero-order chi connectivity index (χ0) is 51.0. The van der Waals surface area contributed by atoms with Gasteiger partial charge < -0.3 is 33.9 Å². The lowest BCUT2D eigenvalue weighted by atomic mass is 9.87. The summed E-state index contributed by atoms with van der Waals surface area (Å²) < 4.78 is 29.0. The zero-order valence-corrected chi connectivity index (χ0v) is 45.0. The molecule has 0 radical (unpaired) electrons. The molecule has 2 fully saturated rings. The molecular weight excluding hydrogens is 889 g/mol. The van der Waals surface area contributed by atoms with Crippen LogP contribution in [-0.4, -0.2) is 85.8 Å². The number of carbonyl (C=O) groups is 6. The highest BCUT2D eigenvalue weighted by Crippen LogP contribution is 2.34. The van der Waals surface area contributed by atoms with Crippen LogP contribution >= 0.6 is 0 Å². The molecule has 1 aliphatic carbocycles. The molecule has 0 bridgehead atoms. The van der Waals surface area contributed by atoms with Crippen molar-refractivity contribution in [1.29, 1.82) is 0 Å². The lowest BCUT2D eigenvalue weighted by Crippen LogP contribution is -2.50. The molecule has 2 amide bonds. The van der Waals surface area contributed by atoms with Crippen LogP contribution in [-0.2, 0) is 52.5 Å². The van der Waals surface area contributed by atoms with Crippen LogP contribution in [0, 0.1) is 11.8 Å². The lowest BCUT2D eigenvalue weighted by Gasteiger charge is -2.30. The van der Waals surface area contributed by atoms with Crippen LogP contribution in [0.1, 0.15) is 259 Å². The summed E-state index contributed by atoms with van der Waals surface area (Å²) in [7, 11) is 0. The third-order valence-electron chi connectivity index (χ3n) is 13.8. The van der Waals surface area contributed by atoms with Crippen molar-refractivity contribution in [1.82, 2.24) is 10.2 Å². The van der Waals surface area contributed by atoms with Crippen molar-refractivity contribution in [3.8, 4) is 0 Å². The first-order valence-corrected chi connectivity index (χ1v) is 28.5. The van der Waals surface area contributed by atoms with Crippen molar-refractivity contribution >= 4 is 35.7 Å². The Kier molecular flexibility index (Phi) is 36.5. The Hall–Kier alpha value is -3.64. The Morgan fingerprint density at radius 2 is 0.843 bits per heavy atom. The number of amides is 2. The molecule has 0 aromatic rings. The Morgan fingerprint density at radius 3 is 1.23 bits per heavy atom. The van der Waals surface area contributed by atoms with E-state index in [1.165, 1.54) is 70.3 Å². The molecule has 0 spiro atoms. The van der Waals surface area contributed by atoms with E-state index in [1.807, 2.05) is 0 Å². The van der Waals surface area contributed by atoms with E-state index in [0.29, 0.717) is 45.7 Å². The quantitative estimate of drug-likeness (QED) is 0.0267. The number of carbonyl (C=O) groups excluding carboxylic acids is 6. The fourth-order valence-electron chi connectivity index (χ4n) is 9.46. The number of esters is 4. The van der Waals surface area contributed by atoms with Gasteiger partial charge in [0, 0.05) is 45.4 Å². The molecule has 0 aromatic heterocycles. The van der Waals surface area contributed by atoms with Gasteiger partial charge in [-0.2, -0.15) is 0 Å². The molecule has 1 saturated heterocycles. The fraction of sp³-hybridized carbons (Fsp3) is 0.860. The summed E-state index contributed by atoms with van der Waals surface area (Å²) in [6.07, 6.45) is 29.7. The highest BCUT2D eigenvalue weighted by Gasteiger charge is 2.38. The van der Waals surface area contributed by atoms with E-state index in [9.17, 15) is 28.8 Å². The van der Waals surface area contributed by atoms with Gasteiger partial charge in [0.1, 0.15) is 12.8 Å². The van der Waals surface area contributed by atoms with Crippen molar-refractivity contribution in [3.63, 3.8) is 0 Å². The average Bonchev–Trinajstić information content (AvgIpc) is 3.71. The summed E-state index contributed by atoms with van der Waals surface area (Å²) in [6, 6.07) is -0.467. The lowest BCUT2D eigenvalue weighted by molar-refractivity contribution is -0.151. The van der Waals surface area contributed by atoms with Crippen LogP contribution in [0.4, 0.5) is 0 Å². The zero-order valence-electron chi connectivity index (χ0n) is 45.0. The van der Waals surface area contributed by atoms with Gasteiger partial charge in [0.25, 0.3) is 0 Å². The predicted molar refractivity (Wildman–Crippen MR) is 276 cm³/mol. The Labute approximate surface area is 424 Å². The van der Waals surface area contributed by atoms with Crippen molar-refractivity contribution < 1.29 is 52.5 Å². The van der Waals surface area contributed by atoms with E-state index in [1.54, 1.807) is 4.90 Å². The molecule has 1 heterocycles. The van der Waals surface area contributed by atoms with Gasteiger partial charge in [-0.1, -0.05) is 156 Å². The average molecular weight is 989 g/mol. The molecule has 13 heteroatoms. The number of hydrogen-bond donors (Lipinski definition) is 1. The highest BCUT2D eigenvalue weighted by atomic mass is 16.5. The smallest absolute Gasteiger partial charge is 0.306 e. The molecule has 0 aromatic carbocycles. The second kappa shape index (κ2) is 40.9. The van der Waals surface area contributed by atoms with Gasteiger partial charge in [-0.05, 0) is 75.2 Å². The molecule has 3 unspecified atom stereocenters. The maximum absolute atomic E-state index is 13.6. The summed E-state index contributed by atoms with van der Waals surface area (Å²) >= 11 is 0. The number of rotatable bonds is 44. The van der Waals surface area contributed by atoms with Gasteiger partial charge in [0.15, 0.2) is 0 Å². The minimum absolute atomic E-state index is 0.000403. The Bertz CT molecular complexity index is 1450. The van der Waals surface area contributed by atoms with E-state index in [-0.39, 0.29) is 56.5 Å². The summed E-state index contributed by atoms with van der Waals surface area (Å²) in [4.78, 5) is 81.0. The predicted octanol–water partition coefficient (Wildman–Crippen LogP) is 13.1. The molecule has 2 aliphatic rings. The third-order valence-corrected chi connectivity index (χ3v) is 13.8. The maximum atomic E-state index is 13.6. The monoisotopic (exact) mass is 989 g/mol. The Balaban J connectivity index is 2.04. The van der Waals surface area contributed by atoms with Gasteiger partial charge in [-0.3, -0.25) is 28.8 Å². The van der Waals surface area contributed by atoms with Gasteiger partial charge >= 0.3 is 23.9 Å².